The molecule has 104 valence electrons. The summed E-state index contributed by atoms with van der Waals surface area (Å²) in [5, 5.41) is 0. The second-order valence-electron chi connectivity index (χ2n) is 4.35. The van der Waals surface area contributed by atoms with Gasteiger partial charge in [0.1, 0.15) is 11.6 Å². The van der Waals surface area contributed by atoms with E-state index in [4.69, 9.17) is 5.73 Å². The quantitative estimate of drug-likeness (QED) is 0.769. The van der Waals surface area contributed by atoms with Crippen molar-refractivity contribution in [3.63, 3.8) is 0 Å². The number of anilines is 1. The van der Waals surface area contributed by atoms with E-state index in [2.05, 4.69) is 30.9 Å². The summed E-state index contributed by atoms with van der Waals surface area (Å²) in [6, 6.07) is 7.01. The minimum atomic E-state index is -0.416. The molecular formula is C15H10BrFN4. The summed E-state index contributed by atoms with van der Waals surface area (Å²) in [5.74, 6) is -0.0758. The van der Waals surface area contributed by atoms with Crippen LogP contribution in [0, 0.1) is 5.82 Å². The highest BCUT2D eigenvalue weighted by atomic mass is 79.9. The van der Waals surface area contributed by atoms with Crippen LogP contribution in [-0.2, 0) is 0 Å². The Balaban J connectivity index is 2.30. The molecule has 0 aliphatic rings. The lowest BCUT2D eigenvalue weighted by Gasteiger charge is -2.11. The van der Waals surface area contributed by atoms with Crippen molar-refractivity contribution in [2.75, 3.05) is 5.73 Å². The van der Waals surface area contributed by atoms with E-state index in [9.17, 15) is 4.39 Å². The van der Waals surface area contributed by atoms with Gasteiger partial charge in [0.05, 0.1) is 16.4 Å². The second-order valence-corrected chi connectivity index (χ2v) is 5.20. The molecular weight excluding hydrogens is 335 g/mol. The molecule has 3 aromatic rings. The fraction of sp³-hybridized carbons (Fsp3) is 0. The molecule has 0 atom stereocenters. The number of rotatable bonds is 2. The van der Waals surface area contributed by atoms with Crippen molar-refractivity contribution < 1.29 is 4.39 Å². The van der Waals surface area contributed by atoms with Crippen molar-refractivity contribution in [1.82, 2.24) is 15.0 Å². The van der Waals surface area contributed by atoms with Gasteiger partial charge in [0, 0.05) is 35.3 Å². The molecule has 6 heteroatoms. The number of hydrogen-bond donors (Lipinski definition) is 1. The van der Waals surface area contributed by atoms with Crippen LogP contribution in [-0.4, -0.2) is 15.0 Å². The van der Waals surface area contributed by atoms with Gasteiger partial charge in [-0.1, -0.05) is 0 Å². The highest BCUT2D eigenvalue weighted by Gasteiger charge is 2.15. The number of nitrogens with zero attached hydrogens (tertiary/aromatic N) is 3. The fourth-order valence-corrected chi connectivity index (χ4v) is 2.34. The molecule has 3 aromatic heterocycles. The third kappa shape index (κ3) is 2.62. The van der Waals surface area contributed by atoms with Gasteiger partial charge in [-0.15, -0.1) is 0 Å². The Morgan fingerprint density at radius 3 is 2.57 bits per heavy atom. The summed E-state index contributed by atoms with van der Waals surface area (Å²) in [5.41, 5.74) is 8.25. The molecule has 0 amide bonds. The highest BCUT2D eigenvalue weighted by Crippen LogP contribution is 2.35. The van der Waals surface area contributed by atoms with Crippen molar-refractivity contribution in [3.8, 4) is 22.4 Å². The Bertz CT molecular complexity index is 793. The monoisotopic (exact) mass is 344 g/mol. The van der Waals surface area contributed by atoms with E-state index in [1.807, 2.05) is 6.07 Å². The number of nitrogen functional groups attached to an aromatic ring is 1. The Hall–Kier alpha value is -2.34. The first-order valence-corrected chi connectivity index (χ1v) is 6.92. The van der Waals surface area contributed by atoms with E-state index >= 15 is 0 Å². The molecule has 0 aromatic carbocycles. The van der Waals surface area contributed by atoms with Crippen molar-refractivity contribution >= 4 is 21.7 Å². The average molecular weight is 345 g/mol. The molecule has 0 saturated carbocycles. The largest absolute Gasteiger partial charge is 0.383 e. The van der Waals surface area contributed by atoms with Gasteiger partial charge in [-0.2, -0.15) is 0 Å². The van der Waals surface area contributed by atoms with Crippen LogP contribution in [0.3, 0.4) is 0 Å². The van der Waals surface area contributed by atoms with Gasteiger partial charge < -0.3 is 5.73 Å². The Morgan fingerprint density at radius 2 is 1.86 bits per heavy atom. The first-order valence-electron chi connectivity index (χ1n) is 6.13. The molecule has 0 saturated heterocycles. The van der Waals surface area contributed by atoms with Crippen LogP contribution in [0.25, 0.3) is 22.4 Å². The summed E-state index contributed by atoms with van der Waals surface area (Å²) in [4.78, 5) is 12.2. The number of nitrogens with two attached hydrogens (primary N) is 1. The molecule has 4 nitrogen and oxygen atoms in total. The number of hydrogen-bond acceptors (Lipinski definition) is 4. The van der Waals surface area contributed by atoms with E-state index < -0.39 is 5.82 Å². The normalized spacial score (nSPS) is 10.6. The third-order valence-electron chi connectivity index (χ3n) is 3.00. The summed E-state index contributed by atoms with van der Waals surface area (Å²) < 4.78 is 14.7. The minimum absolute atomic E-state index is 0.340. The van der Waals surface area contributed by atoms with Gasteiger partial charge in [-0.3, -0.25) is 9.97 Å². The van der Waals surface area contributed by atoms with E-state index in [1.54, 1.807) is 30.6 Å². The standard InChI is InChI=1S/C15H10BrFN4/c16-12-6-11(10-3-5-20-8-13(10)17)14(21-15(12)18)9-2-1-4-19-7-9/h1-8H,(H2,18,21). The molecule has 0 radical (unpaired) electrons. The van der Waals surface area contributed by atoms with E-state index in [0.29, 0.717) is 27.1 Å². The van der Waals surface area contributed by atoms with E-state index in [-0.39, 0.29) is 0 Å². The maximum atomic E-state index is 14.1. The minimum Gasteiger partial charge on any atom is -0.383 e. The molecule has 0 bridgehead atoms. The predicted molar refractivity (Wildman–Crippen MR) is 82.8 cm³/mol. The van der Waals surface area contributed by atoms with Crippen LogP contribution in [0.15, 0.2) is 53.5 Å². The van der Waals surface area contributed by atoms with Crippen LogP contribution in [0.2, 0.25) is 0 Å². The molecule has 21 heavy (non-hydrogen) atoms. The van der Waals surface area contributed by atoms with Crippen molar-refractivity contribution in [2.45, 2.75) is 0 Å². The smallest absolute Gasteiger partial charge is 0.149 e. The van der Waals surface area contributed by atoms with Gasteiger partial charge in [-0.25, -0.2) is 9.37 Å². The van der Waals surface area contributed by atoms with Crippen molar-refractivity contribution in [1.29, 1.82) is 0 Å². The van der Waals surface area contributed by atoms with Crippen LogP contribution in [0.1, 0.15) is 0 Å². The molecule has 3 rings (SSSR count). The van der Waals surface area contributed by atoms with Gasteiger partial charge in [0.2, 0.25) is 0 Å². The Morgan fingerprint density at radius 1 is 1.05 bits per heavy atom. The lowest BCUT2D eigenvalue weighted by Crippen LogP contribution is -1.98. The fourth-order valence-electron chi connectivity index (χ4n) is 2.02. The second kappa shape index (κ2) is 5.57. The van der Waals surface area contributed by atoms with Gasteiger partial charge in [-0.05, 0) is 40.2 Å². The number of pyridine rings is 3. The van der Waals surface area contributed by atoms with E-state index in [1.165, 1.54) is 12.4 Å². The molecule has 0 aliphatic carbocycles. The molecule has 0 fully saturated rings. The lowest BCUT2D eigenvalue weighted by molar-refractivity contribution is 0.625. The summed E-state index contributed by atoms with van der Waals surface area (Å²) in [6.07, 6.45) is 6.04. The third-order valence-corrected chi connectivity index (χ3v) is 3.64. The summed E-state index contributed by atoms with van der Waals surface area (Å²) in [7, 11) is 0. The zero-order chi connectivity index (χ0) is 14.8. The van der Waals surface area contributed by atoms with Gasteiger partial charge in [0.25, 0.3) is 0 Å². The van der Waals surface area contributed by atoms with Gasteiger partial charge in [0.15, 0.2) is 0 Å². The van der Waals surface area contributed by atoms with Crippen molar-refractivity contribution in [3.05, 3.63) is 59.3 Å². The van der Waals surface area contributed by atoms with Gasteiger partial charge >= 0.3 is 0 Å². The van der Waals surface area contributed by atoms with E-state index in [0.717, 1.165) is 5.56 Å². The number of halogens is 2. The zero-order valence-electron chi connectivity index (χ0n) is 10.8. The first-order chi connectivity index (χ1) is 10.2. The molecule has 3 heterocycles. The lowest BCUT2D eigenvalue weighted by atomic mass is 10.0. The summed E-state index contributed by atoms with van der Waals surface area (Å²) in [6.45, 7) is 0. The number of aromatic nitrogens is 3. The highest BCUT2D eigenvalue weighted by molar-refractivity contribution is 9.10. The van der Waals surface area contributed by atoms with Crippen LogP contribution < -0.4 is 5.73 Å². The Labute approximate surface area is 129 Å². The zero-order valence-corrected chi connectivity index (χ0v) is 12.4. The maximum absolute atomic E-state index is 14.1. The predicted octanol–water partition coefficient (Wildman–Crippen LogP) is 3.69. The molecule has 2 N–H and O–H groups in total. The first kappa shape index (κ1) is 13.6. The SMILES string of the molecule is Nc1nc(-c2cccnc2)c(-c2ccncc2F)cc1Br. The molecule has 0 spiro atoms. The molecule has 0 unspecified atom stereocenters. The maximum Gasteiger partial charge on any atom is 0.149 e. The van der Waals surface area contributed by atoms with Crippen molar-refractivity contribution in [2.24, 2.45) is 0 Å². The Kier molecular flexibility index (Phi) is 3.62. The molecule has 0 aliphatic heterocycles. The average Bonchev–Trinajstić information content (AvgIpc) is 2.51. The van der Waals surface area contributed by atoms with Crippen LogP contribution in [0.4, 0.5) is 10.2 Å². The van der Waals surface area contributed by atoms with Crippen LogP contribution in [0.5, 0.6) is 0 Å². The van der Waals surface area contributed by atoms with Crippen LogP contribution >= 0.6 is 15.9 Å². The topological polar surface area (TPSA) is 64.7 Å². The summed E-state index contributed by atoms with van der Waals surface area (Å²) >= 11 is 3.33.